The number of hydrogen-bond donors (Lipinski definition) is 1. The number of carbonyl (C=O) groups excluding carboxylic acids is 2. The minimum absolute atomic E-state index is 0.236. The van der Waals surface area contributed by atoms with Gasteiger partial charge in [-0.25, -0.2) is 4.79 Å². The summed E-state index contributed by atoms with van der Waals surface area (Å²) in [5.74, 6) is -0.160. The third kappa shape index (κ3) is 5.23. The van der Waals surface area contributed by atoms with Crippen LogP contribution in [0.1, 0.15) is 34.5 Å². The van der Waals surface area contributed by atoms with Crippen LogP contribution in [-0.2, 0) is 9.53 Å². The van der Waals surface area contributed by atoms with Crippen molar-refractivity contribution in [2.24, 2.45) is 0 Å². The van der Waals surface area contributed by atoms with Gasteiger partial charge in [0.15, 0.2) is 6.10 Å². The van der Waals surface area contributed by atoms with E-state index in [-0.39, 0.29) is 11.9 Å². The zero-order valence-electron chi connectivity index (χ0n) is 16.4. The molecule has 0 aliphatic carbocycles. The zero-order chi connectivity index (χ0) is 20.6. The number of carbonyl (C=O) groups is 2. The highest BCUT2D eigenvalue weighted by Crippen LogP contribution is 2.22. The van der Waals surface area contributed by atoms with Crippen LogP contribution < -0.4 is 10.1 Å². The van der Waals surface area contributed by atoms with Crippen LogP contribution in [0.4, 0.5) is 0 Å². The van der Waals surface area contributed by atoms with Crippen LogP contribution >= 0.6 is 0 Å². The fourth-order valence-electron chi connectivity index (χ4n) is 2.95. The van der Waals surface area contributed by atoms with Crippen LogP contribution in [-0.4, -0.2) is 25.1 Å². The number of methoxy groups -OCH3 is 1. The van der Waals surface area contributed by atoms with Crippen LogP contribution in [0.3, 0.4) is 0 Å². The van der Waals surface area contributed by atoms with Crippen LogP contribution in [0, 0.1) is 0 Å². The largest absolute Gasteiger partial charge is 0.481 e. The summed E-state index contributed by atoms with van der Waals surface area (Å²) in [7, 11) is 1.33. The topological polar surface area (TPSA) is 64.6 Å². The van der Waals surface area contributed by atoms with Crippen molar-refractivity contribution >= 4 is 11.9 Å². The molecule has 0 aliphatic rings. The lowest BCUT2D eigenvalue weighted by molar-refractivity contribution is -0.127. The maximum atomic E-state index is 12.8. The fraction of sp³-hybridized carbons (Fsp3) is 0.167. The predicted molar refractivity (Wildman–Crippen MR) is 111 cm³/mol. The van der Waals surface area contributed by atoms with Gasteiger partial charge in [0.25, 0.3) is 5.91 Å². The van der Waals surface area contributed by atoms with Crippen LogP contribution in [0.5, 0.6) is 5.75 Å². The zero-order valence-corrected chi connectivity index (χ0v) is 16.4. The normalized spacial score (nSPS) is 11.6. The SMILES string of the molecule is COC(=O)c1ccc(O[C@@H](C)C(=O)NC(c2ccccc2)c2ccccc2)cc1. The van der Waals surface area contributed by atoms with E-state index < -0.39 is 12.1 Å². The quantitative estimate of drug-likeness (QED) is 0.617. The third-order valence-corrected chi connectivity index (χ3v) is 4.51. The summed E-state index contributed by atoms with van der Waals surface area (Å²) >= 11 is 0. The molecule has 0 unspecified atom stereocenters. The lowest BCUT2D eigenvalue weighted by atomic mass is 9.98. The molecular formula is C24H23NO4. The van der Waals surface area contributed by atoms with E-state index in [0.29, 0.717) is 11.3 Å². The summed E-state index contributed by atoms with van der Waals surface area (Å²) in [6.45, 7) is 1.69. The van der Waals surface area contributed by atoms with E-state index in [4.69, 9.17) is 4.74 Å². The first kappa shape index (κ1) is 20.1. The maximum absolute atomic E-state index is 12.8. The molecule has 0 bridgehead atoms. The van der Waals surface area contributed by atoms with Crippen molar-refractivity contribution in [2.75, 3.05) is 7.11 Å². The molecule has 0 radical (unpaired) electrons. The van der Waals surface area contributed by atoms with Crippen molar-refractivity contribution in [1.29, 1.82) is 0 Å². The van der Waals surface area contributed by atoms with Gasteiger partial charge >= 0.3 is 5.97 Å². The monoisotopic (exact) mass is 389 g/mol. The molecule has 0 spiro atoms. The molecule has 1 N–H and O–H groups in total. The molecule has 3 aromatic carbocycles. The molecule has 0 aliphatic heterocycles. The van der Waals surface area contributed by atoms with Crippen molar-refractivity contribution in [3.63, 3.8) is 0 Å². The van der Waals surface area contributed by atoms with Gasteiger partial charge in [0, 0.05) is 0 Å². The van der Waals surface area contributed by atoms with E-state index in [1.807, 2.05) is 60.7 Å². The summed E-state index contributed by atoms with van der Waals surface area (Å²) in [4.78, 5) is 24.3. The van der Waals surface area contributed by atoms with Gasteiger partial charge in [-0.15, -0.1) is 0 Å². The Hall–Kier alpha value is -3.60. The van der Waals surface area contributed by atoms with E-state index in [2.05, 4.69) is 10.1 Å². The van der Waals surface area contributed by atoms with Crippen LogP contribution in [0.15, 0.2) is 84.9 Å². The molecule has 1 amide bonds. The fourth-order valence-corrected chi connectivity index (χ4v) is 2.95. The second kappa shape index (κ2) is 9.55. The van der Waals surface area contributed by atoms with E-state index in [0.717, 1.165) is 11.1 Å². The summed E-state index contributed by atoms with van der Waals surface area (Å²) in [6.07, 6.45) is -0.714. The standard InChI is InChI=1S/C24H23NO4/c1-17(29-21-15-13-20(14-16-21)24(27)28-2)23(26)25-22(18-9-5-3-6-10-18)19-11-7-4-8-12-19/h3-17,22H,1-2H3,(H,25,26)/t17-/m0/s1. The Labute approximate surface area is 170 Å². The first-order valence-corrected chi connectivity index (χ1v) is 9.34. The molecule has 3 aromatic rings. The van der Waals surface area contributed by atoms with Gasteiger partial charge in [0.05, 0.1) is 18.7 Å². The van der Waals surface area contributed by atoms with Gasteiger partial charge in [0.1, 0.15) is 5.75 Å². The molecule has 29 heavy (non-hydrogen) atoms. The molecule has 5 heteroatoms. The number of amides is 1. The van der Waals surface area contributed by atoms with Crippen LogP contribution in [0.25, 0.3) is 0 Å². The van der Waals surface area contributed by atoms with Gasteiger partial charge < -0.3 is 14.8 Å². The molecule has 1 atom stereocenters. The number of rotatable bonds is 7. The average Bonchev–Trinajstić information content (AvgIpc) is 2.78. The van der Waals surface area contributed by atoms with Gasteiger partial charge in [-0.3, -0.25) is 4.79 Å². The Kier molecular flexibility index (Phi) is 6.63. The van der Waals surface area contributed by atoms with Crippen molar-refractivity contribution in [3.05, 3.63) is 102 Å². The van der Waals surface area contributed by atoms with E-state index in [1.165, 1.54) is 7.11 Å². The molecular weight excluding hydrogens is 366 g/mol. The lowest BCUT2D eigenvalue weighted by Gasteiger charge is -2.22. The lowest BCUT2D eigenvalue weighted by Crippen LogP contribution is -2.39. The Morgan fingerprint density at radius 2 is 1.31 bits per heavy atom. The molecule has 0 heterocycles. The predicted octanol–water partition coefficient (Wildman–Crippen LogP) is 4.15. The first-order valence-electron chi connectivity index (χ1n) is 9.34. The smallest absolute Gasteiger partial charge is 0.337 e. The van der Waals surface area contributed by atoms with E-state index in [1.54, 1.807) is 31.2 Å². The highest BCUT2D eigenvalue weighted by molar-refractivity contribution is 5.89. The van der Waals surface area contributed by atoms with Gasteiger partial charge in [-0.2, -0.15) is 0 Å². The highest BCUT2D eigenvalue weighted by atomic mass is 16.5. The number of benzene rings is 3. The molecule has 148 valence electrons. The molecule has 0 fully saturated rings. The Morgan fingerprint density at radius 1 is 0.793 bits per heavy atom. The van der Waals surface area contributed by atoms with Crippen molar-refractivity contribution in [2.45, 2.75) is 19.1 Å². The average molecular weight is 389 g/mol. The molecule has 5 nitrogen and oxygen atoms in total. The van der Waals surface area contributed by atoms with Crippen molar-refractivity contribution in [1.82, 2.24) is 5.32 Å². The minimum atomic E-state index is -0.714. The number of nitrogens with one attached hydrogen (secondary N) is 1. The van der Waals surface area contributed by atoms with E-state index in [9.17, 15) is 9.59 Å². The summed E-state index contributed by atoms with van der Waals surface area (Å²) in [5.41, 5.74) is 2.40. The molecule has 0 saturated heterocycles. The third-order valence-electron chi connectivity index (χ3n) is 4.51. The Bertz CT molecular complexity index is 900. The van der Waals surface area contributed by atoms with Gasteiger partial charge in [0.2, 0.25) is 0 Å². The highest BCUT2D eigenvalue weighted by Gasteiger charge is 2.21. The second-order valence-corrected chi connectivity index (χ2v) is 6.54. The molecule has 3 rings (SSSR count). The number of ether oxygens (including phenoxy) is 2. The maximum Gasteiger partial charge on any atom is 0.337 e. The summed E-state index contributed by atoms with van der Waals surface area (Å²) < 4.78 is 10.4. The van der Waals surface area contributed by atoms with Crippen molar-refractivity contribution in [3.8, 4) is 5.75 Å². The van der Waals surface area contributed by atoms with Gasteiger partial charge in [-0.1, -0.05) is 60.7 Å². The van der Waals surface area contributed by atoms with Crippen molar-refractivity contribution < 1.29 is 19.1 Å². The van der Waals surface area contributed by atoms with Gasteiger partial charge in [-0.05, 0) is 42.3 Å². The van der Waals surface area contributed by atoms with Crippen LogP contribution in [0.2, 0.25) is 0 Å². The molecule has 0 aromatic heterocycles. The number of esters is 1. The minimum Gasteiger partial charge on any atom is -0.481 e. The summed E-state index contributed by atoms with van der Waals surface area (Å²) in [6, 6.07) is 25.8. The molecule has 0 saturated carbocycles. The summed E-state index contributed by atoms with van der Waals surface area (Å²) in [5, 5.41) is 3.07. The number of hydrogen-bond acceptors (Lipinski definition) is 4. The Balaban J connectivity index is 1.71. The Morgan fingerprint density at radius 3 is 1.79 bits per heavy atom. The second-order valence-electron chi connectivity index (χ2n) is 6.54. The first-order chi connectivity index (χ1) is 14.1. The van der Waals surface area contributed by atoms with E-state index >= 15 is 0 Å².